The van der Waals surface area contributed by atoms with Crippen LogP contribution in [0.5, 0.6) is 0 Å². The van der Waals surface area contributed by atoms with Gasteiger partial charge in [0.15, 0.2) is 0 Å². The van der Waals surface area contributed by atoms with Crippen LogP contribution in [0, 0.1) is 0 Å². The third kappa shape index (κ3) is 45.3. The molecule has 0 bridgehead atoms. The van der Waals surface area contributed by atoms with Gasteiger partial charge in [-0.2, -0.15) is 0 Å². The second kappa shape index (κ2) is 41.9. The maximum absolute atomic E-state index is 12.6. The fourth-order valence-corrected chi connectivity index (χ4v) is 7.00. The molecule has 0 aliphatic carbocycles. The van der Waals surface area contributed by atoms with Gasteiger partial charge in [0.05, 0.1) is 40.8 Å². The maximum Gasteiger partial charge on any atom is 0.310 e. The number of quaternary nitrogens is 1. The molecule has 0 aliphatic rings. The zero-order valence-corrected chi connectivity index (χ0v) is 39.1. The molecular weight excluding hydrogens is 746 g/mol. The molecule has 0 radical (unpaired) electrons. The molecule has 2 atom stereocenters. The Morgan fingerprint density at radius 3 is 1.34 bits per heavy atom. The molecular formula is C49H90NO7P. The van der Waals surface area contributed by atoms with Crippen molar-refractivity contribution in [3.63, 3.8) is 0 Å². The molecule has 0 fully saturated rings. The van der Waals surface area contributed by atoms with E-state index in [1.807, 2.05) is 27.2 Å². The van der Waals surface area contributed by atoms with E-state index >= 15 is 0 Å². The first-order valence-corrected chi connectivity index (χ1v) is 25.0. The monoisotopic (exact) mass is 836 g/mol. The molecule has 58 heavy (non-hydrogen) atoms. The van der Waals surface area contributed by atoms with Gasteiger partial charge in [-0.3, -0.25) is 9.36 Å². The first-order chi connectivity index (χ1) is 28.1. The van der Waals surface area contributed by atoms with E-state index in [1.54, 1.807) is 6.08 Å². The number of hydrogen-bond acceptors (Lipinski definition) is 7. The van der Waals surface area contributed by atoms with Crippen LogP contribution >= 0.6 is 7.82 Å². The van der Waals surface area contributed by atoms with Crippen LogP contribution in [-0.2, 0) is 27.9 Å². The van der Waals surface area contributed by atoms with Crippen LogP contribution in [-0.4, -0.2) is 70.7 Å². The zero-order chi connectivity index (χ0) is 42.7. The third-order valence-corrected chi connectivity index (χ3v) is 10.8. The number of ether oxygens (including phenoxy) is 2. The van der Waals surface area contributed by atoms with E-state index in [-0.39, 0.29) is 26.2 Å². The number of carbonyl (C=O) groups is 1. The molecule has 0 rings (SSSR count). The predicted molar refractivity (Wildman–Crippen MR) is 245 cm³/mol. The first-order valence-electron chi connectivity index (χ1n) is 23.5. The number of esters is 1. The standard InChI is InChI=1S/C49H90NO7P/c1-6-8-10-12-14-16-18-20-22-23-24-25-26-27-29-31-33-35-37-39-41-44-54-46-48(47-56-58(52,53)55-45-43-50(3,4)5)57-49(51)42-40-38-36-34-32-30-28-21-19-17-15-13-11-9-7-2/h9,11,15,17,21,28,32,34,38,40,48H,6-8,10,12-14,16,18-20,22-27,29-31,33,35-37,39,41-47H2,1-5H3/b11-9-,17-15-,28-21-,34-32-,40-38-. The lowest BCUT2D eigenvalue weighted by Gasteiger charge is -2.28. The quantitative estimate of drug-likeness (QED) is 0.0198. The molecule has 0 saturated heterocycles. The minimum atomic E-state index is -4.55. The average molecular weight is 836 g/mol. The van der Waals surface area contributed by atoms with Gasteiger partial charge >= 0.3 is 5.97 Å². The second-order valence-corrected chi connectivity index (χ2v) is 18.2. The minimum absolute atomic E-state index is 0.00871. The Kier molecular flexibility index (Phi) is 40.6. The number of hydrogen-bond donors (Lipinski definition) is 0. The topological polar surface area (TPSA) is 94.1 Å². The van der Waals surface area contributed by atoms with E-state index in [0.717, 1.165) is 38.5 Å². The van der Waals surface area contributed by atoms with E-state index in [0.29, 0.717) is 24.1 Å². The maximum atomic E-state index is 12.6. The van der Waals surface area contributed by atoms with Crippen LogP contribution in [0.15, 0.2) is 60.8 Å². The fraction of sp³-hybridized carbons (Fsp3) is 0.776. The van der Waals surface area contributed by atoms with Crippen molar-refractivity contribution in [2.45, 2.75) is 193 Å². The van der Waals surface area contributed by atoms with Crippen LogP contribution in [0.4, 0.5) is 0 Å². The Morgan fingerprint density at radius 1 is 0.534 bits per heavy atom. The number of rotatable bonds is 43. The van der Waals surface area contributed by atoms with E-state index in [1.165, 1.54) is 122 Å². The number of phosphoric acid groups is 1. The summed E-state index contributed by atoms with van der Waals surface area (Å²) in [5.74, 6) is -0.459. The van der Waals surface area contributed by atoms with E-state index in [4.69, 9.17) is 18.5 Å². The van der Waals surface area contributed by atoms with Gasteiger partial charge < -0.3 is 27.9 Å². The van der Waals surface area contributed by atoms with Gasteiger partial charge in [0, 0.05) is 6.61 Å². The first kappa shape index (κ1) is 56.2. The Balaban J connectivity index is 4.24. The summed E-state index contributed by atoms with van der Waals surface area (Å²) in [5, 5.41) is 0. The largest absolute Gasteiger partial charge is 0.756 e. The van der Waals surface area contributed by atoms with Gasteiger partial charge in [0.2, 0.25) is 0 Å². The third-order valence-electron chi connectivity index (χ3n) is 9.87. The zero-order valence-electron chi connectivity index (χ0n) is 38.2. The van der Waals surface area contributed by atoms with Gasteiger partial charge in [-0.1, -0.05) is 203 Å². The number of likely N-dealkylation sites (N-methyl/N-ethyl adjacent to an activating group) is 1. The summed E-state index contributed by atoms with van der Waals surface area (Å²) in [7, 11) is 1.30. The highest BCUT2D eigenvalue weighted by Gasteiger charge is 2.20. The van der Waals surface area contributed by atoms with Crippen molar-refractivity contribution in [3.8, 4) is 0 Å². The Hall–Kier alpha value is -1.80. The number of nitrogens with zero attached hydrogens (tertiary/aromatic N) is 1. The number of carbonyl (C=O) groups excluding carboxylic acids is 1. The summed E-state index contributed by atoms with van der Waals surface area (Å²) >= 11 is 0. The van der Waals surface area contributed by atoms with Gasteiger partial charge in [0.1, 0.15) is 19.3 Å². The molecule has 0 spiro atoms. The van der Waals surface area contributed by atoms with Crippen LogP contribution in [0.1, 0.15) is 187 Å². The van der Waals surface area contributed by atoms with Crippen molar-refractivity contribution >= 4 is 13.8 Å². The summed E-state index contributed by atoms with van der Waals surface area (Å²) in [4.78, 5) is 25.0. The molecule has 8 nitrogen and oxygen atoms in total. The number of unbranched alkanes of at least 4 members (excludes halogenated alkanes) is 20. The minimum Gasteiger partial charge on any atom is -0.756 e. The van der Waals surface area contributed by atoms with Crippen LogP contribution < -0.4 is 4.89 Å². The molecule has 0 saturated carbocycles. The lowest BCUT2D eigenvalue weighted by molar-refractivity contribution is -0.870. The van der Waals surface area contributed by atoms with Crippen molar-refractivity contribution < 1.29 is 37.3 Å². The van der Waals surface area contributed by atoms with Crippen molar-refractivity contribution in [2.24, 2.45) is 0 Å². The average Bonchev–Trinajstić information content (AvgIpc) is 3.18. The molecule has 0 aromatic heterocycles. The van der Waals surface area contributed by atoms with E-state index < -0.39 is 19.9 Å². The van der Waals surface area contributed by atoms with Gasteiger partial charge in [-0.25, -0.2) is 0 Å². The lowest BCUT2D eigenvalue weighted by Crippen LogP contribution is -2.37. The summed E-state index contributed by atoms with van der Waals surface area (Å²) in [6.45, 7) is 5.18. The highest BCUT2D eigenvalue weighted by Crippen LogP contribution is 2.38. The molecule has 0 N–H and O–H groups in total. The molecule has 0 heterocycles. The fourth-order valence-electron chi connectivity index (χ4n) is 6.27. The summed E-state index contributed by atoms with van der Waals surface area (Å²) in [6.07, 6.45) is 52.8. The van der Waals surface area contributed by atoms with Gasteiger partial charge in [0.25, 0.3) is 7.82 Å². The van der Waals surface area contributed by atoms with Crippen LogP contribution in [0.25, 0.3) is 0 Å². The van der Waals surface area contributed by atoms with Crippen molar-refractivity contribution in [1.29, 1.82) is 0 Å². The van der Waals surface area contributed by atoms with Gasteiger partial charge in [-0.15, -0.1) is 0 Å². The van der Waals surface area contributed by atoms with Crippen molar-refractivity contribution in [1.82, 2.24) is 0 Å². The van der Waals surface area contributed by atoms with Crippen molar-refractivity contribution in [2.75, 3.05) is 54.1 Å². The molecule has 0 aromatic rings. The normalized spacial score (nSPS) is 14.2. The molecule has 0 amide bonds. The van der Waals surface area contributed by atoms with Crippen molar-refractivity contribution in [3.05, 3.63) is 60.8 Å². The highest BCUT2D eigenvalue weighted by atomic mass is 31.2. The molecule has 338 valence electrons. The summed E-state index contributed by atoms with van der Waals surface area (Å²) < 4.78 is 34.5. The van der Waals surface area contributed by atoms with E-state index in [9.17, 15) is 14.3 Å². The lowest BCUT2D eigenvalue weighted by atomic mass is 10.0. The second-order valence-electron chi connectivity index (χ2n) is 16.8. The highest BCUT2D eigenvalue weighted by molar-refractivity contribution is 7.45. The number of phosphoric ester groups is 1. The van der Waals surface area contributed by atoms with Gasteiger partial charge in [-0.05, 0) is 38.5 Å². The molecule has 0 aromatic carbocycles. The van der Waals surface area contributed by atoms with Crippen LogP contribution in [0.3, 0.4) is 0 Å². The smallest absolute Gasteiger partial charge is 0.310 e. The SMILES string of the molecule is CC/C=C\C/C=C\C/C=C\C/C=C\C/C=C\CC(=O)OC(COCCCCCCCCCCCCCCCCCCCCCCC)COP(=O)([O-])OCC[N+](C)(C)C. The Labute approximate surface area is 358 Å². The molecule has 2 unspecified atom stereocenters. The Bertz CT molecular complexity index is 1110. The van der Waals surface area contributed by atoms with E-state index in [2.05, 4.69) is 62.5 Å². The number of allylic oxidation sites excluding steroid dienone is 9. The molecule has 0 aliphatic heterocycles. The van der Waals surface area contributed by atoms with Crippen LogP contribution in [0.2, 0.25) is 0 Å². The Morgan fingerprint density at radius 2 is 0.931 bits per heavy atom. The predicted octanol–water partition coefficient (Wildman–Crippen LogP) is 13.5. The summed E-state index contributed by atoms with van der Waals surface area (Å²) in [6, 6.07) is 0. The molecule has 9 heteroatoms. The summed E-state index contributed by atoms with van der Waals surface area (Å²) in [5.41, 5.74) is 0.